The average Bonchev–Trinajstić information content (AvgIpc) is 3.02. The normalized spacial score (nSPS) is 9.90. The minimum absolute atomic E-state index is 0.180. The van der Waals surface area contributed by atoms with Crippen molar-refractivity contribution in [3.8, 4) is 40.7 Å². The zero-order valence-electron chi connectivity index (χ0n) is 29.5. The molecule has 0 unspecified atom stereocenters. The van der Waals surface area contributed by atoms with E-state index in [-0.39, 0.29) is 5.75 Å². The number of methoxy groups -OCH3 is 3. The SMILES string of the molecule is C#C[Si](C)(C)C.COCCBr.COCCOc1cncc(Br)c1.COCCOc1cncc(C#C[Si](C)(C)C)c1.Oc1cncc(Br)c1. The number of terminal acetylenes is 1. The lowest BCUT2D eigenvalue weighted by Gasteiger charge is -2.05. The largest absolute Gasteiger partial charge is 0.506 e. The van der Waals surface area contributed by atoms with Crippen LogP contribution < -0.4 is 9.47 Å². The second kappa shape index (κ2) is 29.6. The lowest BCUT2D eigenvalue weighted by atomic mass is 10.3. The van der Waals surface area contributed by atoms with Crippen molar-refractivity contribution in [2.45, 2.75) is 39.3 Å². The number of ether oxygens (including phenoxy) is 5. The Morgan fingerprint density at radius 2 is 1.12 bits per heavy atom. The zero-order chi connectivity index (χ0) is 36.8. The molecule has 266 valence electrons. The molecule has 1 N–H and O–H groups in total. The lowest BCUT2D eigenvalue weighted by molar-refractivity contribution is 0.146. The first-order chi connectivity index (χ1) is 22.6. The molecular formula is C34H50Br3N3O6Si2. The number of pyridine rings is 3. The number of nitrogens with zero attached hydrogens (tertiary/aromatic N) is 3. The van der Waals surface area contributed by atoms with E-state index in [9.17, 15) is 0 Å². The average molecular weight is 893 g/mol. The molecule has 0 atom stereocenters. The molecule has 0 radical (unpaired) electrons. The van der Waals surface area contributed by atoms with Crippen LogP contribution >= 0.6 is 47.8 Å². The van der Waals surface area contributed by atoms with Gasteiger partial charge in [0.15, 0.2) is 0 Å². The van der Waals surface area contributed by atoms with Gasteiger partial charge in [-0.2, -0.15) is 0 Å². The van der Waals surface area contributed by atoms with Crippen molar-refractivity contribution in [2.75, 3.05) is 59.7 Å². The van der Waals surface area contributed by atoms with Crippen LogP contribution in [0.2, 0.25) is 39.3 Å². The summed E-state index contributed by atoms with van der Waals surface area (Å²) in [4.78, 5) is 11.7. The van der Waals surface area contributed by atoms with Crippen molar-refractivity contribution >= 4 is 63.9 Å². The highest BCUT2D eigenvalue weighted by Gasteiger charge is 2.07. The van der Waals surface area contributed by atoms with Crippen LogP contribution in [0.1, 0.15) is 5.56 Å². The third-order valence-electron chi connectivity index (χ3n) is 4.49. The van der Waals surface area contributed by atoms with E-state index in [0.29, 0.717) is 26.4 Å². The van der Waals surface area contributed by atoms with Gasteiger partial charge in [-0.15, -0.1) is 17.5 Å². The highest BCUT2D eigenvalue weighted by Crippen LogP contribution is 2.15. The highest BCUT2D eigenvalue weighted by molar-refractivity contribution is 9.10. The van der Waals surface area contributed by atoms with E-state index in [4.69, 9.17) is 30.5 Å². The van der Waals surface area contributed by atoms with Crippen molar-refractivity contribution in [3.63, 3.8) is 0 Å². The first kappa shape index (κ1) is 47.8. The molecule has 3 aromatic rings. The first-order valence-electron chi connectivity index (χ1n) is 14.7. The van der Waals surface area contributed by atoms with Gasteiger partial charge in [-0.05, 0) is 50.1 Å². The molecule has 0 bridgehead atoms. The van der Waals surface area contributed by atoms with E-state index in [0.717, 1.165) is 37.9 Å². The van der Waals surface area contributed by atoms with E-state index in [2.05, 4.69) is 124 Å². The number of aromatic hydroxyl groups is 1. The fourth-order valence-corrected chi connectivity index (χ4v) is 3.80. The van der Waals surface area contributed by atoms with Gasteiger partial charge >= 0.3 is 0 Å². The topological polar surface area (TPSA) is 105 Å². The van der Waals surface area contributed by atoms with E-state index in [1.165, 1.54) is 6.20 Å². The predicted octanol–water partition coefficient (Wildman–Crippen LogP) is 8.28. The lowest BCUT2D eigenvalue weighted by Crippen LogP contribution is -2.16. The van der Waals surface area contributed by atoms with Crippen molar-refractivity contribution in [2.24, 2.45) is 0 Å². The molecule has 0 aromatic carbocycles. The Balaban J connectivity index is 0. The van der Waals surface area contributed by atoms with Crippen LogP contribution in [-0.4, -0.2) is 95.9 Å². The number of aromatic nitrogens is 3. The zero-order valence-corrected chi connectivity index (χ0v) is 36.2. The van der Waals surface area contributed by atoms with Gasteiger partial charge in [0.05, 0.1) is 38.4 Å². The fourth-order valence-electron chi connectivity index (χ4n) is 2.26. The van der Waals surface area contributed by atoms with E-state index >= 15 is 0 Å². The molecule has 0 aliphatic heterocycles. The summed E-state index contributed by atoms with van der Waals surface area (Å²) in [5, 5.41) is 9.65. The van der Waals surface area contributed by atoms with Gasteiger partial charge in [0, 0.05) is 59.8 Å². The Morgan fingerprint density at radius 1 is 0.667 bits per heavy atom. The summed E-state index contributed by atoms with van der Waals surface area (Å²) in [6.07, 6.45) is 14.9. The van der Waals surface area contributed by atoms with Gasteiger partial charge in [0.1, 0.15) is 46.6 Å². The van der Waals surface area contributed by atoms with Crippen LogP contribution in [0.25, 0.3) is 0 Å². The third kappa shape index (κ3) is 33.6. The molecule has 0 amide bonds. The van der Waals surface area contributed by atoms with Gasteiger partial charge < -0.3 is 28.8 Å². The Kier molecular flexibility index (Phi) is 29.5. The molecule has 0 saturated heterocycles. The molecule has 3 aromatic heterocycles. The molecule has 0 fully saturated rings. The van der Waals surface area contributed by atoms with E-state index in [1.54, 1.807) is 58.4 Å². The minimum Gasteiger partial charge on any atom is -0.506 e. The predicted molar refractivity (Wildman–Crippen MR) is 213 cm³/mol. The molecule has 3 heterocycles. The van der Waals surface area contributed by atoms with Gasteiger partial charge in [-0.25, -0.2) is 0 Å². The van der Waals surface area contributed by atoms with Crippen LogP contribution in [0, 0.1) is 23.4 Å². The maximum atomic E-state index is 8.72. The fraction of sp³-hybridized carbons (Fsp3) is 0.441. The molecule has 14 heteroatoms. The summed E-state index contributed by atoms with van der Waals surface area (Å²) in [5.41, 5.74) is 6.95. The van der Waals surface area contributed by atoms with Crippen molar-refractivity contribution < 1.29 is 28.8 Å². The second-order valence-corrected chi connectivity index (χ2v) is 23.5. The maximum absolute atomic E-state index is 8.72. The summed E-state index contributed by atoms with van der Waals surface area (Å²) in [6, 6.07) is 5.35. The molecule has 0 saturated carbocycles. The van der Waals surface area contributed by atoms with Gasteiger partial charge in [0.2, 0.25) is 0 Å². The number of alkyl halides is 1. The van der Waals surface area contributed by atoms with Crippen LogP contribution in [0.3, 0.4) is 0 Å². The van der Waals surface area contributed by atoms with Crippen molar-refractivity contribution in [3.05, 3.63) is 69.9 Å². The quantitative estimate of drug-likeness (QED) is 0.0933. The minimum atomic E-state index is -1.34. The Bertz CT molecular complexity index is 1340. The van der Waals surface area contributed by atoms with Crippen LogP contribution in [-0.2, 0) is 14.2 Å². The Labute approximate surface area is 315 Å². The summed E-state index contributed by atoms with van der Waals surface area (Å²) < 4.78 is 26.9. The number of hydrogen-bond donors (Lipinski definition) is 1. The Morgan fingerprint density at radius 3 is 1.48 bits per heavy atom. The molecule has 0 spiro atoms. The highest BCUT2D eigenvalue weighted by atomic mass is 79.9. The monoisotopic (exact) mass is 889 g/mol. The number of rotatable bonds is 10. The molecule has 0 aliphatic rings. The number of hydrogen-bond acceptors (Lipinski definition) is 9. The van der Waals surface area contributed by atoms with Crippen LogP contribution in [0.15, 0.2) is 64.3 Å². The standard InChI is InChI=1S/C13H19NO2Si.C8H10BrNO2.C5H4BrNO.C5H10Si.C3H7BrO/c1-15-6-7-16-13-9-12(10-14-11-13)5-8-17(2,3)4;1-11-2-3-12-8-4-7(9)5-10-6-8;6-4-1-5(8)3-7-2-4;1-5-6(2,3)4;1-5-3-2-4/h9-11H,6-7H2,1-4H3;4-6H,2-3H2,1H3;1-3,8H;1H,2-4H3;2-3H2,1H3. The van der Waals surface area contributed by atoms with Gasteiger partial charge in [-0.1, -0.05) is 61.1 Å². The molecular weight excluding hydrogens is 842 g/mol. The maximum Gasteiger partial charge on any atom is 0.138 e. The van der Waals surface area contributed by atoms with Gasteiger partial charge in [-0.3, -0.25) is 15.0 Å². The second-order valence-electron chi connectivity index (χ2n) is 11.4. The summed E-state index contributed by atoms with van der Waals surface area (Å²) in [6.45, 7) is 16.1. The Hall–Kier alpha value is -2.28. The summed E-state index contributed by atoms with van der Waals surface area (Å²) >= 11 is 9.62. The molecule has 3 rings (SSSR count). The summed E-state index contributed by atoms with van der Waals surface area (Å²) in [7, 11) is 2.53. The first-order valence-corrected chi connectivity index (χ1v) is 24.5. The number of halogens is 3. The van der Waals surface area contributed by atoms with Crippen LogP contribution in [0.5, 0.6) is 17.2 Å². The smallest absolute Gasteiger partial charge is 0.138 e. The summed E-state index contributed by atoms with van der Waals surface area (Å²) in [5.74, 6) is 4.82. The molecule has 48 heavy (non-hydrogen) atoms. The van der Waals surface area contributed by atoms with E-state index < -0.39 is 16.1 Å². The molecule has 0 aliphatic carbocycles. The van der Waals surface area contributed by atoms with Gasteiger partial charge in [0.25, 0.3) is 0 Å². The van der Waals surface area contributed by atoms with Crippen molar-refractivity contribution in [1.29, 1.82) is 0 Å². The molecule has 9 nitrogen and oxygen atoms in total. The van der Waals surface area contributed by atoms with Crippen molar-refractivity contribution in [1.82, 2.24) is 15.0 Å². The van der Waals surface area contributed by atoms with Crippen LogP contribution in [0.4, 0.5) is 0 Å². The van der Waals surface area contributed by atoms with E-state index in [1.807, 2.05) is 12.1 Å². The third-order valence-corrected chi connectivity index (χ3v) is 7.42.